The quantitative estimate of drug-likeness (QED) is 0.0261. The summed E-state index contributed by atoms with van der Waals surface area (Å²) in [5, 5.41) is 0. The molecule has 1 unspecified atom stereocenters. The summed E-state index contributed by atoms with van der Waals surface area (Å²) in [5.74, 6) is -0.902. The first kappa shape index (κ1) is 69.8. The summed E-state index contributed by atoms with van der Waals surface area (Å²) in [6.07, 6.45) is 79.5. The minimum Gasteiger partial charge on any atom is -0.462 e. The maximum absolute atomic E-state index is 12.8. The molecule has 0 aliphatic carbocycles. The second-order valence-electron chi connectivity index (χ2n) is 20.9. The van der Waals surface area contributed by atoms with Crippen LogP contribution in [0.1, 0.15) is 316 Å². The van der Waals surface area contributed by atoms with E-state index in [0.717, 1.165) is 103 Å². The molecule has 422 valence electrons. The SMILES string of the molecule is CC/C=C\C/C=C\C/C=C\C/C=C\CCCCCCC(=O)OC(COC(=O)CCCCCCCCC)COC(=O)CCCCCCCCCCCCCCCCCCCCC/C=C\C/C=C\CCCCCCC. The minimum atomic E-state index is -0.784. The van der Waals surface area contributed by atoms with E-state index in [1.165, 1.54) is 173 Å². The van der Waals surface area contributed by atoms with Crippen LogP contribution in [0.4, 0.5) is 0 Å². The lowest BCUT2D eigenvalue weighted by molar-refractivity contribution is -0.167. The Hall–Kier alpha value is -3.15. The molecule has 0 spiro atoms. The summed E-state index contributed by atoms with van der Waals surface area (Å²) in [4.78, 5) is 38.0. The lowest BCUT2D eigenvalue weighted by Crippen LogP contribution is -2.30. The van der Waals surface area contributed by atoms with E-state index < -0.39 is 6.10 Å². The van der Waals surface area contributed by atoms with Crippen molar-refractivity contribution in [2.75, 3.05) is 13.2 Å². The number of rotatable bonds is 57. The van der Waals surface area contributed by atoms with Gasteiger partial charge in [0.2, 0.25) is 0 Å². The molecule has 0 aromatic carbocycles. The van der Waals surface area contributed by atoms with Gasteiger partial charge in [0.05, 0.1) is 0 Å². The fourth-order valence-corrected chi connectivity index (χ4v) is 9.00. The number of carbonyl (C=O) groups is 3. The van der Waals surface area contributed by atoms with Gasteiger partial charge >= 0.3 is 17.9 Å². The molecule has 1 atom stereocenters. The third kappa shape index (κ3) is 59.6. The molecule has 0 heterocycles. The van der Waals surface area contributed by atoms with Gasteiger partial charge < -0.3 is 14.2 Å². The van der Waals surface area contributed by atoms with Crippen LogP contribution in [0.5, 0.6) is 0 Å². The molecule has 73 heavy (non-hydrogen) atoms. The van der Waals surface area contributed by atoms with Crippen LogP contribution in [0, 0.1) is 0 Å². The van der Waals surface area contributed by atoms with Gasteiger partial charge in [0.1, 0.15) is 13.2 Å². The molecule has 0 aromatic heterocycles. The van der Waals surface area contributed by atoms with Crippen LogP contribution >= 0.6 is 0 Å². The van der Waals surface area contributed by atoms with Crippen LogP contribution in [0.15, 0.2) is 72.9 Å². The van der Waals surface area contributed by atoms with Crippen molar-refractivity contribution in [2.24, 2.45) is 0 Å². The average molecular weight is 1020 g/mol. The second kappa shape index (κ2) is 61.4. The zero-order valence-electron chi connectivity index (χ0n) is 48.4. The largest absolute Gasteiger partial charge is 0.462 e. The van der Waals surface area contributed by atoms with Gasteiger partial charge in [-0.25, -0.2) is 0 Å². The molecule has 0 amide bonds. The summed E-state index contributed by atoms with van der Waals surface area (Å²) >= 11 is 0. The molecule has 0 aliphatic rings. The summed E-state index contributed by atoms with van der Waals surface area (Å²) in [5.41, 5.74) is 0. The molecule has 0 fully saturated rings. The fourth-order valence-electron chi connectivity index (χ4n) is 9.00. The number of ether oxygens (including phenoxy) is 3. The third-order valence-electron chi connectivity index (χ3n) is 13.7. The summed E-state index contributed by atoms with van der Waals surface area (Å²) in [7, 11) is 0. The van der Waals surface area contributed by atoms with E-state index in [2.05, 4.69) is 93.7 Å². The topological polar surface area (TPSA) is 78.9 Å². The summed E-state index contributed by atoms with van der Waals surface area (Å²) in [6, 6.07) is 0. The molecule has 0 aliphatic heterocycles. The highest BCUT2D eigenvalue weighted by atomic mass is 16.6. The molecular formula is C67H118O6. The zero-order valence-corrected chi connectivity index (χ0v) is 48.4. The Labute approximate surface area is 453 Å². The van der Waals surface area contributed by atoms with Crippen LogP contribution in [-0.4, -0.2) is 37.2 Å². The van der Waals surface area contributed by atoms with Gasteiger partial charge in [0.25, 0.3) is 0 Å². The number of hydrogen-bond donors (Lipinski definition) is 0. The standard InChI is InChI=1S/C67H118O6/c1-4-7-10-13-16-18-20-22-24-26-27-28-29-30-31-32-33-34-35-36-37-38-39-41-42-44-46-48-51-54-57-60-66(69)72-63-64(62-71-65(68)59-56-53-50-15-12-9-6-3)73-67(70)61-58-55-52-49-47-45-43-40-25-23-21-19-17-14-11-8-5-2/h8,11,17,19-20,22-23,25-27,43,45,64H,4-7,9-10,12-16,18,21,24,28-42,44,46-63H2,1-3H3/b11-8-,19-17-,22-20-,25-23-,27-26-,45-43-. The molecule has 6 nitrogen and oxygen atoms in total. The van der Waals surface area contributed by atoms with Crippen molar-refractivity contribution in [1.29, 1.82) is 0 Å². The number of carbonyl (C=O) groups excluding carboxylic acids is 3. The number of allylic oxidation sites excluding steroid dienone is 12. The molecule has 0 saturated carbocycles. The van der Waals surface area contributed by atoms with Crippen LogP contribution in [-0.2, 0) is 28.6 Å². The van der Waals surface area contributed by atoms with Crippen molar-refractivity contribution in [3.05, 3.63) is 72.9 Å². The van der Waals surface area contributed by atoms with Crippen LogP contribution in [0.25, 0.3) is 0 Å². The molecule has 0 rings (SSSR count). The van der Waals surface area contributed by atoms with Crippen LogP contribution < -0.4 is 0 Å². The Kier molecular flexibility index (Phi) is 58.7. The first-order valence-corrected chi connectivity index (χ1v) is 31.4. The zero-order chi connectivity index (χ0) is 52.9. The minimum absolute atomic E-state index is 0.0824. The third-order valence-corrected chi connectivity index (χ3v) is 13.7. The van der Waals surface area contributed by atoms with E-state index in [4.69, 9.17) is 14.2 Å². The van der Waals surface area contributed by atoms with Crippen molar-refractivity contribution in [3.8, 4) is 0 Å². The Bertz CT molecular complexity index is 1360. The molecule has 0 radical (unpaired) electrons. The van der Waals surface area contributed by atoms with Gasteiger partial charge in [0, 0.05) is 19.3 Å². The van der Waals surface area contributed by atoms with Crippen molar-refractivity contribution in [2.45, 2.75) is 322 Å². The van der Waals surface area contributed by atoms with E-state index in [1.807, 2.05) is 0 Å². The van der Waals surface area contributed by atoms with Crippen LogP contribution in [0.2, 0.25) is 0 Å². The van der Waals surface area contributed by atoms with Crippen molar-refractivity contribution in [1.82, 2.24) is 0 Å². The van der Waals surface area contributed by atoms with Gasteiger partial charge in [0.15, 0.2) is 6.10 Å². The van der Waals surface area contributed by atoms with Gasteiger partial charge in [-0.05, 0) is 89.9 Å². The van der Waals surface area contributed by atoms with Gasteiger partial charge in [-0.2, -0.15) is 0 Å². The molecule has 0 bridgehead atoms. The maximum Gasteiger partial charge on any atom is 0.306 e. The fraction of sp³-hybridized carbons (Fsp3) is 0.776. The van der Waals surface area contributed by atoms with Gasteiger partial charge in [-0.1, -0.05) is 280 Å². The normalized spacial score (nSPS) is 12.5. The van der Waals surface area contributed by atoms with E-state index in [9.17, 15) is 14.4 Å². The molecule has 0 aromatic rings. The predicted octanol–water partition coefficient (Wildman–Crippen LogP) is 21.3. The Morgan fingerprint density at radius 1 is 0.288 bits per heavy atom. The van der Waals surface area contributed by atoms with Crippen molar-refractivity contribution in [3.63, 3.8) is 0 Å². The number of hydrogen-bond acceptors (Lipinski definition) is 6. The van der Waals surface area contributed by atoms with Crippen LogP contribution in [0.3, 0.4) is 0 Å². The Morgan fingerprint density at radius 3 is 0.836 bits per heavy atom. The van der Waals surface area contributed by atoms with E-state index in [-0.39, 0.29) is 31.1 Å². The monoisotopic (exact) mass is 1020 g/mol. The van der Waals surface area contributed by atoms with E-state index in [0.29, 0.717) is 19.3 Å². The average Bonchev–Trinajstić information content (AvgIpc) is 3.39. The van der Waals surface area contributed by atoms with Crippen molar-refractivity contribution < 1.29 is 28.6 Å². The summed E-state index contributed by atoms with van der Waals surface area (Å²) in [6.45, 7) is 6.48. The smallest absolute Gasteiger partial charge is 0.306 e. The van der Waals surface area contributed by atoms with Gasteiger partial charge in [-0.15, -0.1) is 0 Å². The van der Waals surface area contributed by atoms with Gasteiger partial charge in [-0.3, -0.25) is 14.4 Å². The Morgan fingerprint density at radius 2 is 0.534 bits per heavy atom. The molecular weight excluding hydrogens is 901 g/mol. The predicted molar refractivity (Wildman–Crippen MR) is 316 cm³/mol. The first-order valence-electron chi connectivity index (χ1n) is 31.4. The highest BCUT2D eigenvalue weighted by Crippen LogP contribution is 2.17. The summed E-state index contributed by atoms with van der Waals surface area (Å²) < 4.78 is 16.8. The van der Waals surface area contributed by atoms with E-state index >= 15 is 0 Å². The molecule has 6 heteroatoms. The molecule has 0 N–H and O–H groups in total. The maximum atomic E-state index is 12.8. The molecule has 0 saturated heterocycles. The lowest BCUT2D eigenvalue weighted by Gasteiger charge is -2.18. The highest BCUT2D eigenvalue weighted by Gasteiger charge is 2.19. The Balaban J connectivity index is 4.05. The first-order chi connectivity index (χ1) is 36.0. The number of unbranched alkanes of at least 4 members (excludes halogenated alkanes) is 34. The highest BCUT2D eigenvalue weighted by molar-refractivity contribution is 5.71. The second-order valence-corrected chi connectivity index (χ2v) is 20.9. The number of esters is 3. The van der Waals surface area contributed by atoms with Crippen molar-refractivity contribution >= 4 is 17.9 Å². The lowest BCUT2D eigenvalue weighted by atomic mass is 10.0. The van der Waals surface area contributed by atoms with E-state index in [1.54, 1.807) is 0 Å².